The van der Waals surface area contributed by atoms with E-state index < -0.39 is 11.7 Å². The second kappa shape index (κ2) is 7.03. The number of nitrogens with one attached hydrogen (secondary N) is 1. The number of aldehydes is 1. The van der Waals surface area contributed by atoms with E-state index >= 15 is 4.39 Å². The fourth-order valence-electron chi connectivity index (χ4n) is 3.31. The number of ether oxygens (including phenoxy) is 1. The van der Waals surface area contributed by atoms with Crippen LogP contribution in [0.3, 0.4) is 0 Å². The number of amides is 1. The van der Waals surface area contributed by atoms with Crippen LogP contribution < -0.4 is 10.2 Å². The monoisotopic (exact) mass is 363 g/mol. The van der Waals surface area contributed by atoms with Crippen molar-refractivity contribution in [3.8, 4) is 0 Å². The SMILES string of the molecule is CC(C)NC(=O)c1noc2c(F)c(N3C[C@@H](C)O[C@@H](C)C3)c(C=O)cc12. The summed E-state index contributed by atoms with van der Waals surface area (Å²) in [4.78, 5) is 25.6. The number of fused-ring (bicyclic) bond motifs is 1. The maximum absolute atomic E-state index is 15.2. The van der Waals surface area contributed by atoms with Crippen LogP contribution in [0.1, 0.15) is 48.5 Å². The first-order valence-corrected chi connectivity index (χ1v) is 8.60. The molecule has 7 nitrogen and oxygen atoms in total. The number of carbonyl (C=O) groups is 2. The highest BCUT2D eigenvalue weighted by atomic mass is 19.1. The summed E-state index contributed by atoms with van der Waals surface area (Å²) < 4.78 is 26.0. The van der Waals surface area contributed by atoms with Gasteiger partial charge in [-0.15, -0.1) is 0 Å². The molecule has 2 aromatic rings. The first-order chi connectivity index (χ1) is 12.3. The van der Waals surface area contributed by atoms with E-state index in [1.807, 2.05) is 13.8 Å². The van der Waals surface area contributed by atoms with Gasteiger partial charge in [-0.1, -0.05) is 5.16 Å². The molecule has 2 atom stereocenters. The van der Waals surface area contributed by atoms with E-state index in [0.29, 0.717) is 19.4 Å². The molecule has 1 aromatic heterocycles. The van der Waals surface area contributed by atoms with Gasteiger partial charge in [-0.2, -0.15) is 0 Å². The summed E-state index contributed by atoms with van der Waals surface area (Å²) >= 11 is 0. The zero-order valence-electron chi connectivity index (χ0n) is 15.2. The van der Waals surface area contributed by atoms with Gasteiger partial charge in [0.15, 0.2) is 17.8 Å². The molecule has 1 amide bonds. The van der Waals surface area contributed by atoms with Gasteiger partial charge in [0.05, 0.1) is 23.3 Å². The smallest absolute Gasteiger partial charge is 0.274 e. The fraction of sp³-hybridized carbons (Fsp3) is 0.500. The lowest BCUT2D eigenvalue weighted by atomic mass is 10.1. The molecule has 1 aliphatic heterocycles. The van der Waals surface area contributed by atoms with Gasteiger partial charge in [0, 0.05) is 24.7 Å². The molecule has 0 unspecified atom stereocenters. The maximum Gasteiger partial charge on any atom is 0.274 e. The number of aromatic nitrogens is 1. The van der Waals surface area contributed by atoms with Crippen LogP contribution in [0.15, 0.2) is 10.6 Å². The van der Waals surface area contributed by atoms with Gasteiger partial charge in [0.2, 0.25) is 5.58 Å². The molecule has 0 saturated carbocycles. The van der Waals surface area contributed by atoms with Gasteiger partial charge in [-0.05, 0) is 33.8 Å². The first-order valence-electron chi connectivity index (χ1n) is 8.60. The van der Waals surface area contributed by atoms with Crippen molar-refractivity contribution in [2.45, 2.75) is 45.9 Å². The summed E-state index contributed by atoms with van der Waals surface area (Å²) in [6.07, 6.45) is 0.380. The van der Waals surface area contributed by atoms with Gasteiger partial charge in [0.1, 0.15) is 0 Å². The zero-order chi connectivity index (χ0) is 19.0. The molecule has 1 fully saturated rings. The van der Waals surface area contributed by atoms with Crippen molar-refractivity contribution in [1.82, 2.24) is 10.5 Å². The van der Waals surface area contributed by atoms with Crippen molar-refractivity contribution in [1.29, 1.82) is 0 Å². The Morgan fingerprint density at radius 1 is 1.38 bits per heavy atom. The van der Waals surface area contributed by atoms with Crippen LogP contribution in [-0.2, 0) is 4.74 Å². The summed E-state index contributed by atoms with van der Waals surface area (Å²) in [6.45, 7) is 8.28. The number of hydrogen-bond acceptors (Lipinski definition) is 6. The molecule has 0 aliphatic carbocycles. The van der Waals surface area contributed by atoms with Crippen molar-refractivity contribution in [3.05, 3.63) is 23.1 Å². The Bertz CT molecular complexity index is 839. The minimum atomic E-state index is -0.693. The number of rotatable bonds is 4. The van der Waals surface area contributed by atoms with E-state index in [-0.39, 0.29) is 46.2 Å². The molecular weight excluding hydrogens is 341 g/mol. The van der Waals surface area contributed by atoms with Crippen molar-refractivity contribution in [2.75, 3.05) is 18.0 Å². The Morgan fingerprint density at radius 3 is 2.62 bits per heavy atom. The Balaban J connectivity index is 2.10. The molecule has 0 bridgehead atoms. The largest absolute Gasteiger partial charge is 0.372 e. The molecule has 1 N–H and O–H groups in total. The van der Waals surface area contributed by atoms with Gasteiger partial charge in [-0.3, -0.25) is 9.59 Å². The van der Waals surface area contributed by atoms with Crippen LogP contribution in [0.5, 0.6) is 0 Å². The Labute approximate surface area is 150 Å². The van der Waals surface area contributed by atoms with E-state index in [9.17, 15) is 9.59 Å². The third-order valence-corrected chi connectivity index (χ3v) is 4.21. The topological polar surface area (TPSA) is 84.7 Å². The summed E-state index contributed by atoms with van der Waals surface area (Å²) in [5, 5.41) is 6.58. The van der Waals surface area contributed by atoms with Gasteiger partial charge in [-0.25, -0.2) is 4.39 Å². The van der Waals surface area contributed by atoms with Crippen LogP contribution in [0.25, 0.3) is 11.0 Å². The number of nitrogens with zero attached hydrogens (tertiary/aromatic N) is 2. The Hall–Kier alpha value is -2.48. The van der Waals surface area contributed by atoms with E-state index in [1.54, 1.807) is 18.7 Å². The highest BCUT2D eigenvalue weighted by Gasteiger charge is 2.30. The Kier molecular flexibility index (Phi) is 4.95. The minimum absolute atomic E-state index is 0.0361. The molecule has 140 valence electrons. The number of morpholine rings is 1. The highest BCUT2D eigenvalue weighted by Crippen LogP contribution is 2.34. The van der Waals surface area contributed by atoms with E-state index in [0.717, 1.165) is 0 Å². The van der Waals surface area contributed by atoms with Crippen LogP contribution in [0.4, 0.5) is 10.1 Å². The van der Waals surface area contributed by atoms with Crippen molar-refractivity contribution >= 4 is 28.8 Å². The lowest BCUT2D eigenvalue weighted by molar-refractivity contribution is -0.00543. The normalized spacial score (nSPS) is 20.6. The molecule has 26 heavy (non-hydrogen) atoms. The molecule has 0 spiro atoms. The zero-order valence-corrected chi connectivity index (χ0v) is 15.2. The quantitative estimate of drug-likeness (QED) is 0.841. The van der Waals surface area contributed by atoms with Gasteiger partial charge >= 0.3 is 0 Å². The second-order valence-electron chi connectivity index (χ2n) is 6.94. The summed E-state index contributed by atoms with van der Waals surface area (Å²) in [5.74, 6) is -1.17. The lowest BCUT2D eigenvalue weighted by Crippen LogP contribution is -2.46. The number of carbonyl (C=O) groups excluding carboxylic acids is 2. The van der Waals surface area contributed by atoms with Crippen molar-refractivity contribution in [2.24, 2.45) is 0 Å². The lowest BCUT2D eigenvalue weighted by Gasteiger charge is -2.37. The second-order valence-corrected chi connectivity index (χ2v) is 6.94. The van der Waals surface area contributed by atoms with Crippen LogP contribution in [-0.4, -0.2) is 48.7 Å². The molecule has 3 rings (SSSR count). The first kappa shape index (κ1) is 18.3. The third-order valence-electron chi connectivity index (χ3n) is 4.21. The molecule has 1 saturated heterocycles. The number of benzene rings is 1. The average Bonchev–Trinajstić information content (AvgIpc) is 2.97. The van der Waals surface area contributed by atoms with E-state index in [1.165, 1.54) is 6.07 Å². The Morgan fingerprint density at radius 2 is 2.04 bits per heavy atom. The third kappa shape index (κ3) is 3.29. The number of anilines is 1. The predicted octanol–water partition coefficient (Wildman–Crippen LogP) is 2.53. The summed E-state index contributed by atoms with van der Waals surface area (Å²) in [7, 11) is 0. The van der Waals surface area contributed by atoms with Crippen LogP contribution in [0, 0.1) is 5.82 Å². The molecule has 8 heteroatoms. The van der Waals surface area contributed by atoms with Crippen LogP contribution in [0.2, 0.25) is 0 Å². The van der Waals surface area contributed by atoms with Gasteiger partial charge < -0.3 is 19.5 Å². The van der Waals surface area contributed by atoms with Crippen molar-refractivity contribution < 1.29 is 23.2 Å². The summed E-state index contributed by atoms with van der Waals surface area (Å²) in [6, 6.07) is 1.34. The molecule has 1 aromatic carbocycles. The number of hydrogen-bond donors (Lipinski definition) is 1. The van der Waals surface area contributed by atoms with Gasteiger partial charge in [0.25, 0.3) is 5.91 Å². The average molecular weight is 363 g/mol. The number of halogens is 1. The fourth-order valence-corrected chi connectivity index (χ4v) is 3.31. The minimum Gasteiger partial charge on any atom is -0.372 e. The summed E-state index contributed by atoms with van der Waals surface area (Å²) in [5.41, 5.74) is 0.136. The highest BCUT2D eigenvalue weighted by molar-refractivity contribution is 6.07. The molecule has 0 radical (unpaired) electrons. The molecular formula is C18H22FN3O4. The standard InChI is InChI=1S/C18H22FN3O4/c1-9(2)20-18(24)15-13-5-12(8-23)16(14(19)17(13)26-21-15)22-6-10(3)25-11(4)7-22/h5,8-11H,6-7H2,1-4H3,(H,20,24)/t10-,11+. The molecule has 1 aliphatic rings. The van der Waals surface area contributed by atoms with Crippen LogP contribution >= 0.6 is 0 Å². The predicted molar refractivity (Wildman–Crippen MR) is 94.2 cm³/mol. The van der Waals surface area contributed by atoms with E-state index in [2.05, 4.69) is 10.5 Å². The molecule has 2 heterocycles. The van der Waals surface area contributed by atoms with Crippen molar-refractivity contribution in [3.63, 3.8) is 0 Å². The maximum atomic E-state index is 15.2. The van der Waals surface area contributed by atoms with E-state index in [4.69, 9.17) is 9.26 Å².